The minimum absolute atomic E-state index is 0.442. The summed E-state index contributed by atoms with van der Waals surface area (Å²) in [7, 11) is 1.63. The second-order valence-electron chi connectivity index (χ2n) is 7.13. The Balaban J connectivity index is 1.89. The van der Waals surface area contributed by atoms with Crippen molar-refractivity contribution in [3.8, 4) is 5.75 Å². The van der Waals surface area contributed by atoms with Crippen LogP contribution < -0.4 is 15.0 Å². The van der Waals surface area contributed by atoms with Gasteiger partial charge in [0.1, 0.15) is 11.6 Å². The Labute approximate surface area is 164 Å². The summed E-state index contributed by atoms with van der Waals surface area (Å²) in [5.74, 6) is 0.943. The van der Waals surface area contributed by atoms with Crippen molar-refractivity contribution >= 4 is 17.7 Å². The lowest BCUT2D eigenvalue weighted by Crippen LogP contribution is -2.40. The molecule has 2 N–H and O–H groups in total. The van der Waals surface area contributed by atoms with E-state index < -0.39 is 11.4 Å². The molecule has 2 heterocycles. The Morgan fingerprint density at radius 3 is 2.71 bits per heavy atom. The van der Waals surface area contributed by atoms with E-state index in [2.05, 4.69) is 20.2 Å². The fourth-order valence-corrected chi connectivity index (χ4v) is 3.05. The molecule has 0 bridgehead atoms. The molecule has 1 aromatic carbocycles. The lowest BCUT2D eigenvalue weighted by molar-refractivity contribution is -0.142. The first-order valence-corrected chi connectivity index (χ1v) is 9.23. The van der Waals surface area contributed by atoms with E-state index in [-0.39, 0.29) is 0 Å². The van der Waals surface area contributed by atoms with E-state index in [1.165, 1.54) is 0 Å². The maximum Gasteiger partial charge on any atom is 0.313 e. The molecule has 0 unspecified atom stereocenters. The van der Waals surface area contributed by atoms with Crippen LogP contribution in [-0.4, -0.2) is 54.5 Å². The highest BCUT2D eigenvalue weighted by Crippen LogP contribution is 2.32. The average Bonchev–Trinajstić information content (AvgIpc) is 2.72. The number of hydrogen-bond acceptors (Lipinski definition) is 7. The standard InChI is InChI=1S/C20H26N4O4/c1-20(2,18(25)26)15-13-22-19(23-17(15)24-8-10-28-11-9-24)21-12-14-6-4-5-7-16(14)27-3/h4-7,13H,8-12H2,1-3H3,(H,25,26)(H,21,22,23). The number of benzene rings is 1. The second-order valence-corrected chi connectivity index (χ2v) is 7.13. The number of ether oxygens (including phenoxy) is 2. The van der Waals surface area contributed by atoms with Crippen LogP contribution in [0, 0.1) is 0 Å². The van der Waals surface area contributed by atoms with Gasteiger partial charge >= 0.3 is 5.97 Å². The Bertz CT molecular complexity index is 835. The third kappa shape index (κ3) is 4.17. The summed E-state index contributed by atoms with van der Waals surface area (Å²) in [6.45, 7) is 6.31. The summed E-state index contributed by atoms with van der Waals surface area (Å²) in [6.07, 6.45) is 1.61. The number of nitrogens with zero attached hydrogens (tertiary/aromatic N) is 3. The van der Waals surface area contributed by atoms with E-state index in [1.54, 1.807) is 27.2 Å². The number of carbonyl (C=O) groups is 1. The monoisotopic (exact) mass is 386 g/mol. The summed E-state index contributed by atoms with van der Waals surface area (Å²) >= 11 is 0. The van der Waals surface area contributed by atoms with Gasteiger partial charge in [-0.2, -0.15) is 4.98 Å². The van der Waals surface area contributed by atoms with Gasteiger partial charge in [-0.1, -0.05) is 18.2 Å². The van der Waals surface area contributed by atoms with Crippen LogP contribution in [0.15, 0.2) is 30.5 Å². The average molecular weight is 386 g/mol. The number of aliphatic carboxylic acids is 1. The molecule has 0 spiro atoms. The summed E-state index contributed by atoms with van der Waals surface area (Å²) in [5.41, 5.74) is 0.468. The van der Waals surface area contributed by atoms with Crippen LogP contribution in [0.3, 0.4) is 0 Å². The van der Waals surface area contributed by atoms with Crippen molar-refractivity contribution in [3.63, 3.8) is 0 Å². The van der Waals surface area contributed by atoms with E-state index >= 15 is 0 Å². The number of hydrogen-bond donors (Lipinski definition) is 2. The first kappa shape index (κ1) is 19.9. The van der Waals surface area contributed by atoms with Crippen molar-refractivity contribution in [1.82, 2.24) is 9.97 Å². The van der Waals surface area contributed by atoms with Crippen molar-refractivity contribution in [3.05, 3.63) is 41.6 Å². The van der Waals surface area contributed by atoms with Gasteiger partial charge in [0.15, 0.2) is 0 Å². The molecule has 150 valence electrons. The SMILES string of the molecule is COc1ccccc1CNc1ncc(C(C)(C)C(=O)O)c(N2CCOCC2)n1. The molecule has 8 nitrogen and oxygen atoms in total. The number of aromatic nitrogens is 2. The largest absolute Gasteiger partial charge is 0.496 e. The minimum atomic E-state index is -1.10. The summed E-state index contributed by atoms with van der Waals surface area (Å²) in [6, 6.07) is 7.72. The normalized spacial score (nSPS) is 14.6. The number of carboxylic acid groups (broad SMARTS) is 1. The predicted octanol–water partition coefficient (Wildman–Crippen LogP) is 2.30. The van der Waals surface area contributed by atoms with Crippen LogP contribution in [0.2, 0.25) is 0 Å². The van der Waals surface area contributed by atoms with E-state index in [0.717, 1.165) is 11.3 Å². The van der Waals surface area contributed by atoms with Crippen LogP contribution in [-0.2, 0) is 21.5 Å². The summed E-state index contributed by atoms with van der Waals surface area (Å²) < 4.78 is 10.8. The third-order valence-corrected chi connectivity index (χ3v) is 4.92. The van der Waals surface area contributed by atoms with E-state index in [1.807, 2.05) is 24.3 Å². The van der Waals surface area contributed by atoms with Gasteiger partial charge in [0.25, 0.3) is 0 Å². The first-order chi connectivity index (χ1) is 13.4. The van der Waals surface area contributed by atoms with E-state index in [9.17, 15) is 9.90 Å². The molecule has 1 saturated heterocycles. The molecular formula is C20H26N4O4. The fraction of sp³-hybridized carbons (Fsp3) is 0.450. The highest BCUT2D eigenvalue weighted by atomic mass is 16.5. The Morgan fingerprint density at radius 2 is 2.04 bits per heavy atom. The number of para-hydroxylation sites is 1. The first-order valence-electron chi connectivity index (χ1n) is 9.23. The highest BCUT2D eigenvalue weighted by Gasteiger charge is 2.35. The van der Waals surface area contributed by atoms with Gasteiger partial charge in [-0.25, -0.2) is 4.98 Å². The van der Waals surface area contributed by atoms with Crippen LogP contribution in [0.4, 0.5) is 11.8 Å². The predicted molar refractivity (Wildman–Crippen MR) is 106 cm³/mol. The van der Waals surface area contributed by atoms with Gasteiger partial charge in [-0.15, -0.1) is 0 Å². The molecule has 0 radical (unpaired) electrons. The highest BCUT2D eigenvalue weighted by molar-refractivity contribution is 5.82. The van der Waals surface area contributed by atoms with Crippen LogP contribution in [0.25, 0.3) is 0 Å². The number of methoxy groups -OCH3 is 1. The molecule has 0 atom stereocenters. The Kier molecular flexibility index (Phi) is 5.99. The van der Waals surface area contributed by atoms with Crippen LogP contribution in [0.5, 0.6) is 5.75 Å². The molecular weight excluding hydrogens is 360 g/mol. The van der Waals surface area contributed by atoms with Crippen molar-refractivity contribution in [1.29, 1.82) is 0 Å². The molecule has 1 aliphatic heterocycles. The van der Waals surface area contributed by atoms with Crippen molar-refractivity contribution in [2.45, 2.75) is 25.8 Å². The lowest BCUT2D eigenvalue weighted by atomic mass is 9.85. The van der Waals surface area contributed by atoms with Crippen molar-refractivity contribution in [2.75, 3.05) is 43.6 Å². The molecule has 8 heteroatoms. The van der Waals surface area contributed by atoms with Gasteiger partial charge in [0.05, 0.1) is 25.7 Å². The maximum atomic E-state index is 11.8. The van der Waals surface area contributed by atoms with Gasteiger partial charge in [-0.3, -0.25) is 4.79 Å². The van der Waals surface area contributed by atoms with E-state index in [4.69, 9.17) is 9.47 Å². The molecule has 0 saturated carbocycles. The number of anilines is 2. The minimum Gasteiger partial charge on any atom is -0.496 e. The van der Waals surface area contributed by atoms with Crippen molar-refractivity contribution in [2.24, 2.45) is 0 Å². The second kappa shape index (κ2) is 8.43. The van der Waals surface area contributed by atoms with E-state index in [0.29, 0.717) is 50.2 Å². The molecule has 1 fully saturated rings. The van der Waals surface area contributed by atoms with Gasteiger partial charge in [0, 0.05) is 37.0 Å². The zero-order valence-corrected chi connectivity index (χ0v) is 16.4. The Hall–Kier alpha value is -2.87. The zero-order chi connectivity index (χ0) is 20.1. The summed E-state index contributed by atoms with van der Waals surface area (Å²) in [4.78, 5) is 22.9. The molecule has 1 aromatic heterocycles. The molecule has 2 aromatic rings. The maximum absolute atomic E-state index is 11.8. The van der Waals surface area contributed by atoms with Gasteiger partial charge in [0.2, 0.25) is 5.95 Å². The Morgan fingerprint density at radius 1 is 1.32 bits per heavy atom. The quantitative estimate of drug-likeness (QED) is 0.748. The third-order valence-electron chi connectivity index (χ3n) is 4.92. The zero-order valence-electron chi connectivity index (χ0n) is 16.4. The topological polar surface area (TPSA) is 96.8 Å². The summed E-state index contributed by atoms with van der Waals surface area (Å²) in [5, 5.41) is 12.9. The van der Waals surface area contributed by atoms with Crippen LogP contribution >= 0.6 is 0 Å². The van der Waals surface area contributed by atoms with Crippen molar-refractivity contribution < 1.29 is 19.4 Å². The number of rotatable bonds is 7. The molecule has 0 aliphatic carbocycles. The van der Waals surface area contributed by atoms with Gasteiger partial charge in [-0.05, 0) is 19.9 Å². The fourth-order valence-electron chi connectivity index (χ4n) is 3.05. The van der Waals surface area contributed by atoms with Crippen LogP contribution in [0.1, 0.15) is 25.0 Å². The molecule has 1 aliphatic rings. The molecule has 0 amide bonds. The van der Waals surface area contributed by atoms with Gasteiger partial charge < -0.3 is 24.8 Å². The number of carboxylic acids is 1. The number of morpholine rings is 1. The number of nitrogens with one attached hydrogen (secondary N) is 1. The smallest absolute Gasteiger partial charge is 0.313 e. The molecule has 28 heavy (non-hydrogen) atoms. The lowest BCUT2D eigenvalue weighted by Gasteiger charge is -2.32. The molecule has 3 rings (SSSR count).